The number of nitrogens with one attached hydrogen (secondary N) is 1. The first-order valence-corrected chi connectivity index (χ1v) is 6.05. The molecule has 0 aromatic carbocycles. The molecule has 0 unspecified atom stereocenters. The van der Waals surface area contributed by atoms with E-state index in [2.05, 4.69) is 10.2 Å². The fourth-order valence-corrected chi connectivity index (χ4v) is 2.20. The molecule has 0 saturated carbocycles. The van der Waals surface area contributed by atoms with Gasteiger partial charge < -0.3 is 4.90 Å². The molecule has 1 aliphatic rings. The van der Waals surface area contributed by atoms with Gasteiger partial charge in [-0.25, -0.2) is 0 Å². The molecule has 1 amide bonds. The summed E-state index contributed by atoms with van der Waals surface area (Å²) in [4.78, 5) is 13.8. The molecule has 1 aromatic heterocycles. The number of amides is 1. The van der Waals surface area contributed by atoms with Crippen LogP contribution in [0.4, 0.5) is 0 Å². The Morgan fingerprint density at radius 2 is 2.19 bits per heavy atom. The first kappa shape index (κ1) is 11.3. The molecule has 1 N–H and O–H groups in total. The molecule has 0 spiro atoms. The van der Waals surface area contributed by atoms with Crippen molar-refractivity contribution in [2.45, 2.75) is 32.7 Å². The molecular formula is C10H16N4OS. The van der Waals surface area contributed by atoms with Crippen molar-refractivity contribution in [2.75, 3.05) is 13.1 Å². The van der Waals surface area contributed by atoms with Crippen molar-refractivity contribution in [3.05, 3.63) is 10.6 Å². The molecule has 0 bridgehead atoms. The van der Waals surface area contributed by atoms with Gasteiger partial charge in [-0.3, -0.25) is 14.5 Å². The first-order chi connectivity index (χ1) is 7.72. The lowest BCUT2D eigenvalue weighted by molar-refractivity contribution is -0.130. The smallest absolute Gasteiger partial charge is 0.242 e. The van der Waals surface area contributed by atoms with Crippen molar-refractivity contribution in [3.63, 3.8) is 0 Å². The van der Waals surface area contributed by atoms with Gasteiger partial charge in [-0.1, -0.05) is 6.92 Å². The standard InChI is InChI=1S/C10H16N4OS/c1-2-8-11-12-10(16)14(8)7-9(15)13-5-3-4-6-13/h2-7H2,1H3,(H,12,16). The van der Waals surface area contributed by atoms with E-state index in [0.29, 0.717) is 11.3 Å². The highest BCUT2D eigenvalue weighted by atomic mass is 32.1. The van der Waals surface area contributed by atoms with Gasteiger partial charge in [0.1, 0.15) is 12.4 Å². The van der Waals surface area contributed by atoms with Gasteiger partial charge in [0.2, 0.25) is 5.91 Å². The van der Waals surface area contributed by atoms with Crippen molar-refractivity contribution >= 4 is 18.1 Å². The molecule has 0 atom stereocenters. The lowest BCUT2D eigenvalue weighted by atomic mass is 10.4. The van der Waals surface area contributed by atoms with Crippen LogP contribution in [0.15, 0.2) is 0 Å². The normalized spacial score (nSPS) is 15.7. The zero-order valence-electron chi connectivity index (χ0n) is 9.40. The third-order valence-corrected chi connectivity index (χ3v) is 3.22. The van der Waals surface area contributed by atoms with E-state index < -0.39 is 0 Å². The number of aromatic amines is 1. The third kappa shape index (κ3) is 2.16. The molecule has 5 nitrogen and oxygen atoms in total. The van der Waals surface area contributed by atoms with Gasteiger partial charge in [0.25, 0.3) is 0 Å². The highest BCUT2D eigenvalue weighted by Gasteiger charge is 2.19. The van der Waals surface area contributed by atoms with Crippen LogP contribution < -0.4 is 0 Å². The van der Waals surface area contributed by atoms with Crippen molar-refractivity contribution in [2.24, 2.45) is 0 Å². The summed E-state index contributed by atoms with van der Waals surface area (Å²) in [5, 5.41) is 6.82. The van der Waals surface area contributed by atoms with E-state index in [-0.39, 0.29) is 5.91 Å². The molecule has 0 radical (unpaired) electrons. The van der Waals surface area contributed by atoms with Gasteiger partial charge in [0.15, 0.2) is 4.77 Å². The maximum Gasteiger partial charge on any atom is 0.242 e. The quantitative estimate of drug-likeness (QED) is 0.806. The van der Waals surface area contributed by atoms with Gasteiger partial charge in [0, 0.05) is 19.5 Å². The number of hydrogen-bond donors (Lipinski definition) is 1. The Balaban J connectivity index is 2.10. The van der Waals surface area contributed by atoms with Crippen molar-refractivity contribution in [3.8, 4) is 0 Å². The van der Waals surface area contributed by atoms with E-state index >= 15 is 0 Å². The molecule has 16 heavy (non-hydrogen) atoms. The molecule has 2 rings (SSSR count). The van der Waals surface area contributed by atoms with Gasteiger partial charge in [-0.2, -0.15) is 5.10 Å². The van der Waals surface area contributed by atoms with Crippen LogP contribution in [0.2, 0.25) is 0 Å². The van der Waals surface area contributed by atoms with Crippen LogP contribution in [0.3, 0.4) is 0 Å². The molecule has 1 aliphatic heterocycles. The minimum absolute atomic E-state index is 0.143. The summed E-state index contributed by atoms with van der Waals surface area (Å²) in [7, 11) is 0. The van der Waals surface area contributed by atoms with E-state index in [1.54, 1.807) is 4.57 Å². The second-order valence-corrected chi connectivity index (χ2v) is 4.36. The monoisotopic (exact) mass is 240 g/mol. The lowest BCUT2D eigenvalue weighted by Crippen LogP contribution is -2.31. The molecule has 2 heterocycles. The Morgan fingerprint density at radius 1 is 1.50 bits per heavy atom. The number of aromatic nitrogens is 3. The average molecular weight is 240 g/mol. The topological polar surface area (TPSA) is 53.9 Å². The average Bonchev–Trinajstić information content (AvgIpc) is 2.89. The van der Waals surface area contributed by atoms with E-state index in [4.69, 9.17) is 12.2 Å². The number of aryl methyl sites for hydroxylation is 1. The molecule has 1 saturated heterocycles. The minimum atomic E-state index is 0.143. The predicted octanol–water partition coefficient (Wildman–Crippen LogP) is 1.13. The number of hydrogen-bond acceptors (Lipinski definition) is 3. The molecule has 0 aliphatic carbocycles. The lowest BCUT2D eigenvalue weighted by Gasteiger charge is -2.15. The van der Waals surface area contributed by atoms with Gasteiger partial charge in [-0.05, 0) is 25.1 Å². The minimum Gasteiger partial charge on any atom is -0.341 e. The zero-order chi connectivity index (χ0) is 11.5. The van der Waals surface area contributed by atoms with E-state index in [9.17, 15) is 4.79 Å². The van der Waals surface area contributed by atoms with E-state index in [1.807, 2.05) is 11.8 Å². The number of carbonyl (C=O) groups is 1. The van der Waals surface area contributed by atoms with Crippen LogP contribution >= 0.6 is 12.2 Å². The highest BCUT2D eigenvalue weighted by Crippen LogP contribution is 2.09. The maximum absolute atomic E-state index is 12.0. The summed E-state index contributed by atoms with van der Waals surface area (Å²) in [5.41, 5.74) is 0. The molecule has 6 heteroatoms. The first-order valence-electron chi connectivity index (χ1n) is 5.64. The molecule has 1 aromatic rings. The Morgan fingerprint density at radius 3 is 2.81 bits per heavy atom. The van der Waals surface area contributed by atoms with Crippen molar-refractivity contribution in [1.29, 1.82) is 0 Å². The number of nitrogens with zero attached hydrogens (tertiary/aromatic N) is 3. The molecule has 1 fully saturated rings. The zero-order valence-corrected chi connectivity index (χ0v) is 10.2. The Bertz CT molecular complexity index is 430. The summed E-state index contributed by atoms with van der Waals surface area (Å²) < 4.78 is 2.32. The number of rotatable bonds is 3. The Kier molecular flexibility index (Phi) is 3.38. The van der Waals surface area contributed by atoms with Crippen LogP contribution in [0.1, 0.15) is 25.6 Å². The second kappa shape index (κ2) is 4.78. The maximum atomic E-state index is 12.0. The fraction of sp³-hybridized carbons (Fsp3) is 0.700. The highest BCUT2D eigenvalue weighted by molar-refractivity contribution is 7.71. The predicted molar refractivity (Wildman–Crippen MR) is 62.6 cm³/mol. The van der Waals surface area contributed by atoms with Crippen LogP contribution in [0.5, 0.6) is 0 Å². The van der Waals surface area contributed by atoms with E-state index in [1.165, 1.54) is 0 Å². The third-order valence-electron chi connectivity index (χ3n) is 2.91. The molecular weight excluding hydrogens is 224 g/mol. The number of carbonyl (C=O) groups excluding carboxylic acids is 1. The summed E-state index contributed by atoms with van der Waals surface area (Å²) >= 11 is 5.11. The van der Waals surface area contributed by atoms with Crippen LogP contribution in [-0.4, -0.2) is 38.7 Å². The van der Waals surface area contributed by atoms with Crippen LogP contribution in [0, 0.1) is 4.77 Å². The number of H-pyrrole nitrogens is 1. The Hall–Kier alpha value is -1.17. The molecule has 88 valence electrons. The summed E-state index contributed by atoms with van der Waals surface area (Å²) in [6.45, 7) is 4.08. The number of likely N-dealkylation sites (tertiary alicyclic amines) is 1. The summed E-state index contributed by atoms with van der Waals surface area (Å²) in [6.07, 6.45) is 3.01. The van der Waals surface area contributed by atoms with E-state index in [0.717, 1.165) is 38.2 Å². The largest absolute Gasteiger partial charge is 0.341 e. The summed E-state index contributed by atoms with van der Waals surface area (Å²) in [6, 6.07) is 0. The van der Waals surface area contributed by atoms with Crippen molar-refractivity contribution < 1.29 is 4.79 Å². The SMILES string of the molecule is CCc1n[nH]c(=S)n1CC(=O)N1CCCC1. The summed E-state index contributed by atoms with van der Waals surface area (Å²) in [5.74, 6) is 0.988. The van der Waals surface area contributed by atoms with Gasteiger partial charge >= 0.3 is 0 Å². The van der Waals surface area contributed by atoms with Gasteiger partial charge in [-0.15, -0.1) is 0 Å². The second-order valence-electron chi connectivity index (χ2n) is 3.97. The van der Waals surface area contributed by atoms with Crippen LogP contribution in [0.25, 0.3) is 0 Å². The Labute approximate surface area is 99.5 Å². The van der Waals surface area contributed by atoms with Gasteiger partial charge in [0.05, 0.1) is 0 Å². The van der Waals surface area contributed by atoms with Crippen molar-refractivity contribution in [1.82, 2.24) is 19.7 Å². The van der Waals surface area contributed by atoms with Crippen LogP contribution in [-0.2, 0) is 17.8 Å². The fourth-order valence-electron chi connectivity index (χ4n) is 1.99.